The Bertz CT molecular complexity index is 859. The Morgan fingerprint density at radius 3 is 2.19 bits per heavy atom. The number of ether oxygens (including phenoxy) is 2. The minimum absolute atomic E-state index is 0.0154. The smallest absolute Gasteiger partial charge is 0.424 e. The highest BCUT2D eigenvalue weighted by molar-refractivity contribution is 6.42. The molecule has 10 heteroatoms. The summed E-state index contributed by atoms with van der Waals surface area (Å²) in [5.74, 6) is -4.00. The van der Waals surface area contributed by atoms with Gasteiger partial charge >= 0.3 is 18.1 Å². The average Bonchev–Trinajstić information content (AvgIpc) is 2.93. The first kappa shape index (κ1) is 19.4. The standard InChI is InChI=1S/C17H13Cl2F3N2O3/c1-2-9-5-3-4-6-12(9)23-15(25)24-17(16(20,21)22)26-13-7-10(18)11(19)8-14(13)27-17/h3-8H,2H2,1H3,(H2,23,24,25). The van der Waals surface area contributed by atoms with Crippen molar-refractivity contribution in [2.24, 2.45) is 0 Å². The number of nitrogens with one attached hydrogen (secondary N) is 2. The Balaban J connectivity index is 1.86. The van der Waals surface area contributed by atoms with Gasteiger partial charge in [0.25, 0.3) is 0 Å². The second kappa shape index (κ2) is 7.01. The number of benzene rings is 2. The van der Waals surface area contributed by atoms with Crippen LogP contribution in [0.1, 0.15) is 12.5 Å². The maximum Gasteiger partial charge on any atom is 0.492 e. The van der Waals surface area contributed by atoms with Crippen LogP contribution in [-0.2, 0) is 6.42 Å². The van der Waals surface area contributed by atoms with Gasteiger partial charge in [-0.15, -0.1) is 0 Å². The molecule has 2 N–H and O–H groups in total. The molecule has 2 aromatic carbocycles. The zero-order valence-corrected chi connectivity index (χ0v) is 15.3. The van der Waals surface area contributed by atoms with Gasteiger partial charge in [-0.25, -0.2) is 4.79 Å². The van der Waals surface area contributed by atoms with Crippen molar-refractivity contribution in [3.8, 4) is 11.5 Å². The number of fused-ring (bicyclic) bond motifs is 1. The van der Waals surface area contributed by atoms with E-state index in [2.05, 4.69) is 5.32 Å². The summed E-state index contributed by atoms with van der Waals surface area (Å²) in [4.78, 5) is 12.2. The minimum Gasteiger partial charge on any atom is -0.424 e. The second-order valence-electron chi connectivity index (χ2n) is 5.62. The Kier molecular flexibility index (Phi) is 5.05. The van der Waals surface area contributed by atoms with Crippen LogP contribution < -0.4 is 20.1 Å². The molecule has 0 saturated heterocycles. The molecule has 0 saturated carbocycles. The number of alkyl halides is 3. The SMILES string of the molecule is CCc1ccccc1NC(=O)NC1(C(F)(F)F)Oc2cc(Cl)c(Cl)cc2O1. The molecule has 0 atom stereocenters. The molecule has 1 aliphatic rings. The maximum atomic E-state index is 13.7. The van der Waals surface area contributed by atoms with Crippen LogP contribution in [0.25, 0.3) is 0 Å². The van der Waals surface area contributed by atoms with E-state index in [0.717, 1.165) is 17.7 Å². The molecule has 1 aliphatic heterocycles. The third-order valence-electron chi connectivity index (χ3n) is 3.79. The van der Waals surface area contributed by atoms with Crippen LogP contribution in [0, 0.1) is 0 Å². The van der Waals surface area contributed by atoms with Crippen molar-refractivity contribution in [1.82, 2.24) is 5.32 Å². The lowest BCUT2D eigenvalue weighted by Gasteiger charge is -2.29. The highest BCUT2D eigenvalue weighted by Crippen LogP contribution is 2.47. The highest BCUT2D eigenvalue weighted by Gasteiger charge is 2.65. The number of urea groups is 1. The number of carbonyl (C=O) groups is 1. The van der Waals surface area contributed by atoms with Gasteiger partial charge in [0.15, 0.2) is 11.5 Å². The molecule has 0 unspecified atom stereocenters. The van der Waals surface area contributed by atoms with Crippen molar-refractivity contribution in [2.75, 3.05) is 5.32 Å². The van der Waals surface area contributed by atoms with E-state index in [4.69, 9.17) is 32.7 Å². The summed E-state index contributed by atoms with van der Waals surface area (Å²) in [6, 6.07) is 7.74. The first-order chi connectivity index (χ1) is 12.6. The molecule has 0 aromatic heterocycles. The first-order valence-electron chi connectivity index (χ1n) is 7.76. The number of hydrogen-bond acceptors (Lipinski definition) is 3. The van der Waals surface area contributed by atoms with Crippen LogP contribution in [0.15, 0.2) is 36.4 Å². The van der Waals surface area contributed by atoms with Crippen molar-refractivity contribution in [3.05, 3.63) is 52.0 Å². The Labute approximate surface area is 162 Å². The fourth-order valence-corrected chi connectivity index (χ4v) is 2.80. The Morgan fingerprint density at radius 1 is 1.11 bits per heavy atom. The third-order valence-corrected chi connectivity index (χ3v) is 4.51. The van der Waals surface area contributed by atoms with Gasteiger partial charge in [0.05, 0.1) is 10.0 Å². The van der Waals surface area contributed by atoms with E-state index in [0.29, 0.717) is 12.1 Å². The molecule has 2 aromatic rings. The van der Waals surface area contributed by atoms with Gasteiger partial charge in [0.2, 0.25) is 0 Å². The van der Waals surface area contributed by atoms with E-state index in [9.17, 15) is 18.0 Å². The van der Waals surface area contributed by atoms with Gasteiger partial charge in [-0.2, -0.15) is 13.2 Å². The van der Waals surface area contributed by atoms with E-state index in [1.165, 1.54) is 0 Å². The van der Waals surface area contributed by atoms with E-state index in [1.807, 2.05) is 6.92 Å². The summed E-state index contributed by atoms with van der Waals surface area (Å²) in [5.41, 5.74) is 1.13. The van der Waals surface area contributed by atoms with Gasteiger partial charge in [-0.3, -0.25) is 5.32 Å². The summed E-state index contributed by atoms with van der Waals surface area (Å²) in [7, 11) is 0. The van der Waals surface area contributed by atoms with Crippen molar-refractivity contribution in [2.45, 2.75) is 25.4 Å². The van der Waals surface area contributed by atoms with Crippen LogP contribution >= 0.6 is 23.2 Å². The summed E-state index contributed by atoms with van der Waals surface area (Å²) in [5, 5.41) is 4.05. The molecule has 1 heterocycles. The van der Waals surface area contributed by atoms with Gasteiger partial charge in [0, 0.05) is 17.8 Å². The number of carbonyl (C=O) groups excluding carboxylic acids is 1. The normalized spacial score (nSPS) is 14.7. The average molecular weight is 421 g/mol. The van der Waals surface area contributed by atoms with Gasteiger partial charge in [-0.1, -0.05) is 48.3 Å². The topological polar surface area (TPSA) is 59.6 Å². The van der Waals surface area contributed by atoms with Gasteiger partial charge in [0.1, 0.15) is 0 Å². The van der Waals surface area contributed by atoms with Crippen molar-refractivity contribution in [1.29, 1.82) is 0 Å². The predicted molar refractivity (Wildman–Crippen MR) is 94.5 cm³/mol. The number of halogens is 5. The third kappa shape index (κ3) is 3.72. The van der Waals surface area contributed by atoms with E-state index >= 15 is 0 Å². The fraction of sp³-hybridized carbons (Fsp3) is 0.235. The van der Waals surface area contributed by atoms with Crippen LogP contribution in [-0.4, -0.2) is 18.1 Å². The van der Waals surface area contributed by atoms with Crippen molar-refractivity contribution < 1.29 is 27.4 Å². The van der Waals surface area contributed by atoms with E-state index in [-0.39, 0.29) is 21.5 Å². The summed E-state index contributed by atoms with van der Waals surface area (Å²) < 4.78 is 50.8. The van der Waals surface area contributed by atoms with Crippen molar-refractivity contribution in [3.63, 3.8) is 0 Å². The number of para-hydroxylation sites is 1. The monoisotopic (exact) mass is 420 g/mol. The van der Waals surface area contributed by atoms with Crippen LogP contribution in [0.4, 0.5) is 23.7 Å². The zero-order chi connectivity index (χ0) is 19.8. The molecule has 0 bridgehead atoms. The van der Waals surface area contributed by atoms with Gasteiger partial charge < -0.3 is 14.8 Å². The minimum atomic E-state index is -5.09. The molecule has 0 spiro atoms. The summed E-state index contributed by atoms with van der Waals surface area (Å²) in [6.45, 7) is 1.85. The number of hydrogen-bond donors (Lipinski definition) is 2. The second-order valence-corrected chi connectivity index (χ2v) is 6.44. The predicted octanol–water partition coefficient (Wildman–Crippen LogP) is 5.36. The first-order valence-corrected chi connectivity index (χ1v) is 8.51. The Morgan fingerprint density at radius 2 is 1.67 bits per heavy atom. The van der Waals surface area contributed by atoms with Crippen molar-refractivity contribution >= 4 is 34.9 Å². The lowest BCUT2D eigenvalue weighted by atomic mass is 10.1. The van der Waals surface area contributed by atoms with Crippen LogP contribution in [0.5, 0.6) is 11.5 Å². The summed E-state index contributed by atoms with van der Waals surface area (Å²) in [6.07, 6.45) is -4.51. The number of rotatable bonds is 3. The maximum absolute atomic E-state index is 13.7. The molecule has 2 amide bonds. The Hall–Kier alpha value is -2.32. The number of amides is 2. The number of aryl methyl sites for hydroxylation is 1. The fourth-order valence-electron chi connectivity index (χ4n) is 2.49. The molecule has 0 radical (unpaired) electrons. The molecule has 27 heavy (non-hydrogen) atoms. The quantitative estimate of drug-likeness (QED) is 0.701. The zero-order valence-electron chi connectivity index (χ0n) is 13.8. The largest absolute Gasteiger partial charge is 0.492 e. The molecule has 0 fully saturated rings. The molecule has 3 rings (SSSR count). The molecule has 5 nitrogen and oxygen atoms in total. The molecular formula is C17H13Cl2F3N2O3. The van der Waals surface area contributed by atoms with Crippen LogP contribution in [0.2, 0.25) is 10.0 Å². The lowest BCUT2D eigenvalue weighted by Crippen LogP contribution is -2.65. The summed E-state index contributed by atoms with van der Waals surface area (Å²) >= 11 is 11.6. The molecule has 0 aliphatic carbocycles. The van der Waals surface area contributed by atoms with Gasteiger partial charge in [-0.05, 0) is 18.1 Å². The van der Waals surface area contributed by atoms with Crippen LogP contribution in [0.3, 0.4) is 0 Å². The number of anilines is 1. The highest BCUT2D eigenvalue weighted by atomic mass is 35.5. The lowest BCUT2D eigenvalue weighted by molar-refractivity contribution is -0.317. The van der Waals surface area contributed by atoms with E-state index in [1.54, 1.807) is 29.6 Å². The molecular weight excluding hydrogens is 408 g/mol. The molecule has 144 valence electrons. The van der Waals surface area contributed by atoms with E-state index < -0.39 is 18.1 Å².